The molecule has 2 heterocycles. The highest BCUT2D eigenvalue weighted by Gasteiger charge is 2.09. The van der Waals surface area contributed by atoms with Gasteiger partial charge in [-0.2, -0.15) is 9.61 Å². The first-order valence-corrected chi connectivity index (χ1v) is 8.54. The van der Waals surface area contributed by atoms with Gasteiger partial charge in [0.15, 0.2) is 0 Å². The highest BCUT2D eigenvalue weighted by atomic mass is 35.5. The molecule has 7 heteroatoms. The lowest BCUT2D eigenvalue weighted by atomic mass is 10.2. The summed E-state index contributed by atoms with van der Waals surface area (Å²) in [6, 6.07) is 6.89. The number of nitrogens with zero attached hydrogens (tertiary/aromatic N) is 3. The second kappa shape index (κ2) is 6.68. The van der Waals surface area contributed by atoms with Crippen LogP contribution in [0.1, 0.15) is 29.6 Å². The Hall–Kier alpha value is -1.92. The lowest BCUT2D eigenvalue weighted by Crippen LogP contribution is -2.16. The largest absolute Gasteiger partial charge is 0.487 e. The zero-order valence-electron chi connectivity index (χ0n) is 12.9. The Morgan fingerprint density at radius 1 is 1.35 bits per heavy atom. The minimum absolute atomic E-state index is 0.181. The summed E-state index contributed by atoms with van der Waals surface area (Å²) in [6.45, 7) is 4.23. The van der Waals surface area contributed by atoms with Gasteiger partial charge in [0.05, 0.1) is 5.69 Å². The molecule has 5 nitrogen and oxygen atoms in total. The maximum atomic E-state index is 12.1. The smallest absolute Gasteiger partial charge is 0.275 e. The number of aryl methyl sites for hydroxylation is 2. The van der Waals surface area contributed by atoms with Gasteiger partial charge < -0.3 is 4.74 Å². The summed E-state index contributed by atoms with van der Waals surface area (Å²) in [5, 5.41) is 5.88. The lowest BCUT2D eigenvalue weighted by molar-refractivity contribution is 0.299. The number of halogens is 1. The van der Waals surface area contributed by atoms with Crippen LogP contribution >= 0.6 is 22.9 Å². The molecule has 0 fully saturated rings. The molecule has 3 rings (SSSR count). The van der Waals surface area contributed by atoms with E-state index in [-0.39, 0.29) is 12.2 Å². The predicted molar refractivity (Wildman–Crippen MR) is 91.7 cm³/mol. The van der Waals surface area contributed by atoms with Gasteiger partial charge in [-0.05, 0) is 37.1 Å². The molecule has 0 aliphatic carbocycles. The Bertz CT molecular complexity index is 904. The molecule has 0 radical (unpaired) electrons. The van der Waals surface area contributed by atoms with Gasteiger partial charge in [0.25, 0.3) is 5.56 Å². The van der Waals surface area contributed by atoms with Crippen LogP contribution in [-0.4, -0.2) is 14.6 Å². The van der Waals surface area contributed by atoms with Crippen LogP contribution in [0.2, 0.25) is 5.02 Å². The van der Waals surface area contributed by atoms with Crippen LogP contribution in [-0.2, 0) is 13.0 Å². The third kappa shape index (κ3) is 3.54. The van der Waals surface area contributed by atoms with Gasteiger partial charge in [0.1, 0.15) is 17.4 Å². The van der Waals surface area contributed by atoms with Gasteiger partial charge in [-0.15, -0.1) is 0 Å². The van der Waals surface area contributed by atoms with E-state index in [1.807, 2.05) is 19.1 Å². The standard InChI is InChI=1S/C16H16ClN3O2S/c1-3-4-14-19-20-15(21)8-12(18-16(20)23-14)9-22-13-6-5-11(17)7-10(13)2/h5-8H,3-4,9H2,1-2H3. The Balaban J connectivity index is 1.84. The summed E-state index contributed by atoms with van der Waals surface area (Å²) in [7, 11) is 0. The topological polar surface area (TPSA) is 56.5 Å². The SMILES string of the molecule is CCCc1nn2c(=O)cc(COc3ccc(Cl)cc3C)nc2s1. The van der Waals surface area contributed by atoms with Crippen LogP contribution in [0.3, 0.4) is 0 Å². The van der Waals surface area contributed by atoms with Crippen LogP contribution in [0.25, 0.3) is 4.96 Å². The molecule has 0 unspecified atom stereocenters. The first-order chi connectivity index (χ1) is 11.1. The average molecular weight is 350 g/mol. The highest BCUT2D eigenvalue weighted by Crippen LogP contribution is 2.22. The molecule has 3 aromatic rings. The molecular weight excluding hydrogens is 334 g/mol. The van der Waals surface area contributed by atoms with Crippen molar-refractivity contribution in [3.05, 3.63) is 55.9 Å². The molecule has 0 aliphatic rings. The summed E-state index contributed by atoms with van der Waals surface area (Å²) < 4.78 is 7.10. The molecule has 0 atom stereocenters. The van der Waals surface area contributed by atoms with E-state index in [2.05, 4.69) is 17.0 Å². The Morgan fingerprint density at radius 2 is 2.17 bits per heavy atom. The molecular formula is C16H16ClN3O2S. The minimum atomic E-state index is -0.181. The highest BCUT2D eigenvalue weighted by molar-refractivity contribution is 7.16. The van der Waals surface area contributed by atoms with E-state index in [0.29, 0.717) is 15.7 Å². The summed E-state index contributed by atoms with van der Waals surface area (Å²) in [5.74, 6) is 0.729. The molecule has 0 aliphatic heterocycles. The summed E-state index contributed by atoms with van der Waals surface area (Å²) in [5.41, 5.74) is 1.36. The van der Waals surface area contributed by atoms with E-state index in [1.54, 1.807) is 6.07 Å². The number of aromatic nitrogens is 3. The van der Waals surface area contributed by atoms with E-state index in [1.165, 1.54) is 21.9 Å². The normalized spacial score (nSPS) is 11.1. The first-order valence-electron chi connectivity index (χ1n) is 7.34. The fourth-order valence-corrected chi connectivity index (χ4v) is 3.46. The number of ether oxygens (including phenoxy) is 1. The lowest BCUT2D eigenvalue weighted by Gasteiger charge is -2.08. The maximum absolute atomic E-state index is 12.1. The van der Waals surface area contributed by atoms with E-state index in [9.17, 15) is 4.79 Å². The Morgan fingerprint density at radius 3 is 2.91 bits per heavy atom. The van der Waals surface area contributed by atoms with Gasteiger partial charge in [-0.1, -0.05) is 29.9 Å². The molecule has 120 valence electrons. The predicted octanol–water partition coefficient (Wildman–Crippen LogP) is 3.64. The molecule has 0 saturated heterocycles. The summed E-state index contributed by atoms with van der Waals surface area (Å²) >= 11 is 7.38. The van der Waals surface area contributed by atoms with Crippen molar-refractivity contribution in [1.29, 1.82) is 0 Å². The van der Waals surface area contributed by atoms with Crippen molar-refractivity contribution in [3.8, 4) is 5.75 Å². The van der Waals surface area contributed by atoms with Crippen molar-refractivity contribution in [1.82, 2.24) is 14.6 Å². The minimum Gasteiger partial charge on any atom is -0.487 e. The zero-order chi connectivity index (χ0) is 16.4. The van der Waals surface area contributed by atoms with E-state index < -0.39 is 0 Å². The molecule has 0 N–H and O–H groups in total. The van der Waals surface area contributed by atoms with Gasteiger partial charge in [-0.25, -0.2) is 4.98 Å². The fraction of sp³-hybridized carbons (Fsp3) is 0.312. The van der Waals surface area contributed by atoms with Crippen molar-refractivity contribution in [2.75, 3.05) is 0 Å². The van der Waals surface area contributed by atoms with Crippen molar-refractivity contribution >= 4 is 27.9 Å². The zero-order valence-corrected chi connectivity index (χ0v) is 14.4. The van der Waals surface area contributed by atoms with E-state index in [4.69, 9.17) is 16.3 Å². The quantitative estimate of drug-likeness (QED) is 0.705. The third-order valence-electron chi connectivity index (χ3n) is 3.32. The fourth-order valence-electron chi connectivity index (χ4n) is 2.21. The maximum Gasteiger partial charge on any atom is 0.275 e. The Labute approximate surface area is 142 Å². The van der Waals surface area contributed by atoms with Gasteiger partial charge >= 0.3 is 0 Å². The van der Waals surface area contributed by atoms with Crippen molar-refractivity contribution in [2.24, 2.45) is 0 Å². The summed E-state index contributed by atoms with van der Waals surface area (Å²) in [4.78, 5) is 17.2. The second-order valence-corrected chi connectivity index (χ2v) is 6.70. The number of fused-ring (bicyclic) bond motifs is 1. The molecule has 0 saturated carbocycles. The molecule has 0 amide bonds. The van der Waals surface area contributed by atoms with Gasteiger partial charge in [0, 0.05) is 17.5 Å². The van der Waals surface area contributed by atoms with Crippen molar-refractivity contribution < 1.29 is 4.74 Å². The van der Waals surface area contributed by atoms with Crippen LogP contribution in [0.5, 0.6) is 5.75 Å². The molecule has 1 aromatic carbocycles. The van der Waals surface area contributed by atoms with Crippen LogP contribution < -0.4 is 10.3 Å². The van der Waals surface area contributed by atoms with Crippen molar-refractivity contribution in [3.63, 3.8) is 0 Å². The molecule has 2 aromatic heterocycles. The average Bonchev–Trinajstić information content (AvgIpc) is 2.90. The molecule has 0 bridgehead atoms. The third-order valence-corrected chi connectivity index (χ3v) is 4.52. The van der Waals surface area contributed by atoms with E-state index >= 15 is 0 Å². The van der Waals surface area contributed by atoms with Gasteiger partial charge in [0.2, 0.25) is 4.96 Å². The Kier molecular flexibility index (Phi) is 4.63. The number of rotatable bonds is 5. The molecule has 0 spiro atoms. The monoisotopic (exact) mass is 349 g/mol. The van der Waals surface area contributed by atoms with Gasteiger partial charge in [-0.3, -0.25) is 4.79 Å². The number of hydrogen-bond acceptors (Lipinski definition) is 5. The van der Waals surface area contributed by atoms with Crippen LogP contribution in [0, 0.1) is 6.92 Å². The second-order valence-electron chi connectivity index (χ2n) is 5.22. The van der Waals surface area contributed by atoms with Crippen LogP contribution in [0.15, 0.2) is 29.1 Å². The molecule has 23 heavy (non-hydrogen) atoms. The first kappa shape index (κ1) is 16.0. The number of hydrogen-bond donors (Lipinski definition) is 0. The van der Waals surface area contributed by atoms with Crippen molar-refractivity contribution in [2.45, 2.75) is 33.3 Å². The number of benzene rings is 1. The summed E-state index contributed by atoms with van der Waals surface area (Å²) in [6.07, 6.45) is 1.84. The van der Waals surface area contributed by atoms with Crippen LogP contribution in [0.4, 0.5) is 0 Å². The van der Waals surface area contributed by atoms with E-state index in [0.717, 1.165) is 29.2 Å².